The molecule has 0 rings (SSSR count). The van der Waals surface area contributed by atoms with Crippen molar-refractivity contribution in [2.75, 3.05) is 14.4 Å². The van der Waals surface area contributed by atoms with Crippen LogP contribution in [0.25, 0.3) is 0 Å². The minimum absolute atomic E-state index is 0.510. The summed E-state index contributed by atoms with van der Waals surface area (Å²) in [7, 11) is 0. The predicted molar refractivity (Wildman–Crippen MR) is 44.1 cm³/mol. The van der Waals surface area contributed by atoms with Crippen LogP contribution >= 0.6 is 19.8 Å². The van der Waals surface area contributed by atoms with Crippen LogP contribution < -0.4 is 5.32 Å². The first-order chi connectivity index (χ1) is 3.27. The van der Waals surface area contributed by atoms with E-state index in [1.54, 1.807) is 6.20 Å². The number of alkyl halides is 3. The first-order valence-electron chi connectivity index (χ1n) is 2.07. The van der Waals surface area contributed by atoms with E-state index in [-0.39, 0.29) is 0 Å². The fraction of sp³-hybridized carbons (Fsp3) is 0.600. The predicted octanol–water partition coefficient (Wildman–Crippen LogP) is 1.44. The fourth-order valence-electron chi connectivity index (χ4n) is 0.209. The van der Waals surface area contributed by atoms with E-state index in [2.05, 4.69) is 21.8 Å². The summed E-state index contributed by atoms with van der Waals surface area (Å²) < 4.78 is 1.19. The Morgan fingerprint density at radius 3 is 2.43 bits per heavy atom. The van der Waals surface area contributed by atoms with Crippen molar-refractivity contribution in [1.82, 2.24) is 5.32 Å². The van der Waals surface area contributed by atoms with E-state index in [4.69, 9.17) is 0 Å². The van der Waals surface area contributed by atoms with E-state index in [9.17, 15) is 0 Å². The molecule has 0 radical (unpaired) electrons. The van der Waals surface area contributed by atoms with E-state index < -0.39 is 19.8 Å². The average molecular weight is 213 g/mol. The van der Waals surface area contributed by atoms with Gasteiger partial charge in [0.25, 0.3) is 0 Å². The molecule has 0 saturated carbocycles. The van der Waals surface area contributed by atoms with Gasteiger partial charge in [-0.15, -0.1) is 0 Å². The van der Waals surface area contributed by atoms with Gasteiger partial charge in [-0.05, 0) is 0 Å². The minimum atomic E-state index is -0.510. The number of rotatable bonds is 3. The third kappa shape index (κ3) is 6.27. The summed E-state index contributed by atoms with van der Waals surface area (Å²) in [6.07, 6.45) is 1.76. The van der Waals surface area contributed by atoms with Crippen molar-refractivity contribution >= 4 is 19.8 Å². The van der Waals surface area contributed by atoms with Crippen LogP contribution in [0.15, 0.2) is 12.8 Å². The molecule has 0 unspecified atom stereocenters. The molecule has 0 heterocycles. The Labute approximate surface area is 52.6 Å². The van der Waals surface area contributed by atoms with Gasteiger partial charge in [0.2, 0.25) is 0 Å². The maximum absolute atomic E-state index is 3.55. The quantitative estimate of drug-likeness (QED) is 0.425. The third-order valence-electron chi connectivity index (χ3n) is 0.489. The van der Waals surface area contributed by atoms with Gasteiger partial charge in [0.1, 0.15) is 0 Å². The molecule has 1 nitrogen and oxygen atoms in total. The summed E-state index contributed by atoms with van der Waals surface area (Å²) in [5.74, 6) is 0. The Hall–Kier alpha value is 0.270. The van der Waals surface area contributed by atoms with Gasteiger partial charge in [0.15, 0.2) is 0 Å². The molecule has 7 heavy (non-hydrogen) atoms. The molecular formula is C5H12IN. The number of hydrogen-bond acceptors (Lipinski definition) is 1. The van der Waals surface area contributed by atoms with Gasteiger partial charge in [-0.1, -0.05) is 0 Å². The molecule has 0 aromatic heterocycles. The molecule has 0 aromatic carbocycles. The summed E-state index contributed by atoms with van der Waals surface area (Å²) in [6.45, 7) is 3.55. The molecule has 0 aliphatic rings. The summed E-state index contributed by atoms with van der Waals surface area (Å²) in [4.78, 5) is 4.64. The summed E-state index contributed by atoms with van der Waals surface area (Å²) >= 11 is -0.510. The van der Waals surface area contributed by atoms with E-state index in [0.29, 0.717) is 0 Å². The van der Waals surface area contributed by atoms with Gasteiger partial charge in [-0.2, -0.15) is 0 Å². The van der Waals surface area contributed by atoms with Crippen LogP contribution in [-0.4, -0.2) is 14.4 Å². The van der Waals surface area contributed by atoms with Gasteiger partial charge < -0.3 is 0 Å². The summed E-state index contributed by atoms with van der Waals surface area (Å²) in [6, 6.07) is 0. The van der Waals surface area contributed by atoms with Crippen molar-refractivity contribution in [3.8, 4) is 0 Å². The molecule has 44 valence electrons. The van der Waals surface area contributed by atoms with Gasteiger partial charge in [-0.3, -0.25) is 0 Å². The second-order valence-corrected chi connectivity index (χ2v) is 7.43. The molecule has 2 heteroatoms. The molecule has 0 aromatic rings. The maximum atomic E-state index is 3.55. The SMILES string of the molecule is C=CNCI(C)C. The normalized spacial score (nSPS) is 10.3. The third-order valence-corrected chi connectivity index (χ3v) is 2.45. The van der Waals surface area contributed by atoms with Crippen molar-refractivity contribution in [1.29, 1.82) is 0 Å². The topological polar surface area (TPSA) is 12.0 Å². The van der Waals surface area contributed by atoms with E-state index >= 15 is 0 Å². The van der Waals surface area contributed by atoms with Crippen molar-refractivity contribution in [2.24, 2.45) is 0 Å². The van der Waals surface area contributed by atoms with Crippen LogP contribution in [0.1, 0.15) is 0 Å². The van der Waals surface area contributed by atoms with E-state index in [1.165, 1.54) is 4.55 Å². The second-order valence-electron chi connectivity index (χ2n) is 1.45. The standard InChI is InChI=1S/C5H12IN/c1-4-7-5-6(2)3/h4,7H,1,5H2,2-3H3. The van der Waals surface area contributed by atoms with Gasteiger partial charge in [0.05, 0.1) is 0 Å². The first kappa shape index (κ1) is 7.27. The molecule has 0 saturated heterocycles. The second kappa shape index (κ2) is 4.43. The Morgan fingerprint density at radius 1 is 1.71 bits per heavy atom. The van der Waals surface area contributed by atoms with Crippen LogP contribution in [0.2, 0.25) is 0 Å². The monoisotopic (exact) mass is 213 g/mol. The molecule has 0 amide bonds. The average Bonchev–Trinajstić information content (AvgIpc) is 1.61. The Bertz CT molecular complexity index is 52.0. The molecule has 0 aliphatic carbocycles. The Morgan fingerprint density at radius 2 is 2.29 bits per heavy atom. The van der Waals surface area contributed by atoms with Gasteiger partial charge >= 0.3 is 52.3 Å². The zero-order valence-electron chi connectivity index (χ0n) is 4.87. The van der Waals surface area contributed by atoms with Crippen molar-refractivity contribution in [2.45, 2.75) is 0 Å². The van der Waals surface area contributed by atoms with Crippen LogP contribution in [-0.2, 0) is 0 Å². The summed E-state index contributed by atoms with van der Waals surface area (Å²) in [5.41, 5.74) is 0. The fourth-order valence-corrected chi connectivity index (χ4v) is 1.40. The molecule has 0 bridgehead atoms. The Kier molecular flexibility index (Phi) is 4.60. The first-order valence-corrected chi connectivity index (χ1v) is 7.91. The van der Waals surface area contributed by atoms with Crippen molar-refractivity contribution in [3.05, 3.63) is 12.8 Å². The van der Waals surface area contributed by atoms with E-state index in [0.717, 1.165) is 0 Å². The summed E-state index contributed by atoms with van der Waals surface area (Å²) in [5, 5.41) is 3.08. The van der Waals surface area contributed by atoms with Crippen LogP contribution in [0.5, 0.6) is 0 Å². The van der Waals surface area contributed by atoms with Crippen LogP contribution in [0, 0.1) is 0 Å². The van der Waals surface area contributed by atoms with Crippen LogP contribution in [0.3, 0.4) is 0 Å². The number of halogens is 1. The van der Waals surface area contributed by atoms with E-state index in [1.807, 2.05) is 0 Å². The molecule has 0 atom stereocenters. The van der Waals surface area contributed by atoms with Gasteiger partial charge in [-0.25, -0.2) is 0 Å². The number of hydrogen-bond donors (Lipinski definition) is 1. The molecule has 0 spiro atoms. The molecular weight excluding hydrogens is 201 g/mol. The molecule has 1 N–H and O–H groups in total. The molecule has 0 aliphatic heterocycles. The van der Waals surface area contributed by atoms with Crippen molar-refractivity contribution < 1.29 is 0 Å². The van der Waals surface area contributed by atoms with Crippen LogP contribution in [0.4, 0.5) is 0 Å². The zero-order chi connectivity index (χ0) is 5.70. The number of nitrogens with one attached hydrogen (secondary N) is 1. The Balaban J connectivity index is 2.81. The molecule has 0 fully saturated rings. The zero-order valence-corrected chi connectivity index (χ0v) is 7.03. The van der Waals surface area contributed by atoms with Gasteiger partial charge in [0, 0.05) is 0 Å². The van der Waals surface area contributed by atoms with Crippen molar-refractivity contribution in [3.63, 3.8) is 0 Å².